The van der Waals surface area contributed by atoms with Gasteiger partial charge in [-0.3, -0.25) is 4.79 Å². The summed E-state index contributed by atoms with van der Waals surface area (Å²) in [6.07, 6.45) is 0.941. The van der Waals surface area contributed by atoms with E-state index in [0.717, 1.165) is 6.26 Å². The van der Waals surface area contributed by atoms with Crippen molar-refractivity contribution in [2.24, 2.45) is 0 Å². The number of fused-ring (bicyclic) bond motifs is 1. The third kappa shape index (κ3) is 1.47. The van der Waals surface area contributed by atoms with Crippen molar-refractivity contribution in [2.45, 2.75) is 6.92 Å². The Morgan fingerprint density at radius 1 is 1.44 bits per heavy atom. The van der Waals surface area contributed by atoms with Gasteiger partial charge in [-0.05, 0) is 19.1 Å². The highest BCUT2D eigenvalue weighted by molar-refractivity contribution is 6.32. The van der Waals surface area contributed by atoms with Crippen molar-refractivity contribution in [3.63, 3.8) is 0 Å². The molecule has 0 atom stereocenters. The molecule has 0 unspecified atom stereocenters. The zero-order valence-corrected chi connectivity index (χ0v) is 9.04. The van der Waals surface area contributed by atoms with Gasteiger partial charge >= 0.3 is 5.97 Å². The first kappa shape index (κ1) is 10.7. The molecule has 0 radical (unpaired) electrons. The molecule has 0 fully saturated rings. The maximum absolute atomic E-state index is 11.7. The molecular formula is C11H7ClO4. The quantitative estimate of drug-likeness (QED) is 0.829. The summed E-state index contributed by atoms with van der Waals surface area (Å²) in [5, 5.41) is 9.46. The van der Waals surface area contributed by atoms with Crippen molar-refractivity contribution < 1.29 is 14.3 Å². The lowest BCUT2D eigenvalue weighted by molar-refractivity contribution is 0.0693. The van der Waals surface area contributed by atoms with E-state index in [4.69, 9.17) is 21.1 Å². The van der Waals surface area contributed by atoms with E-state index in [1.807, 2.05) is 0 Å². The van der Waals surface area contributed by atoms with Crippen LogP contribution in [0.25, 0.3) is 11.0 Å². The van der Waals surface area contributed by atoms with Crippen LogP contribution in [0.3, 0.4) is 0 Å². The Labute approximate surface area is 95.1 Å². The van der Waals surface area contributed by atoms with Crippen LogP contribution in [0.4, 0.5) is 0 Å². The molecule has 0 bridgehead atoms. The number of carbonyl (C=O) groups is 1. The van der Waals surface area contributed by atoms with Crippen LogP contribution in [0.15, 0.2) is 27.6 Å². The van der Waals surface area contributed by atoms with Gasteiger partial charge in [0.05, 0.1) is 5.39 Å². The van der Waals surface area contributed by atoms with Gasteiger partial charge in [0.2, 0.25) is 5.43 Å². The lowest BCUT2D eigenvalue weighted by Crippen LogP contribution is -2.14. The largest absolute Gasteiger partial charge is 0.477 e. The molecule has 0 aliphatic heterocycles. The fourth-order valence-electron chi connectivity index (χ4n) is 1.46. The van der Waals surface area contributed by atoms with Crippen LogP contribution in [0, 0.1) is 6.92 Å². The van der Waals surface area contributed by atoms with Gasteiger partial charge in [-0.2, -0.15) is 0 Å². The smallest absolute Gasteiger partial charge is 0.342 e. The molecule has 1 aromatic heterocycles. The van der Waals surface area contributed by atoms with E-state index < -0.39 is 11.4 Å². The zero-order chi connectivity index (χ0) is 11.9. The maximum Gasteiger partial charge on any atom is 0.342 e. The lowest BCUT2D eigenvalue weighted by atomic mass is 10.1. The minimum absolute atomic E-state index is 0.224. The number of aryl methyl sites for hydroxylation is 1. The Hall–Kier alpha value is -1.81. The van der Waals surface area contributed by atoms with Gasteiger partial charge in [-0.15, -0.1) is 0 Å². The average molecular weight is 239 g/mol. The lowest BCUT2D eigenvalue weighted by Gasteiger charge is -2.03. The number of aromatic carboxylic acids is 1. The van der Waals surface area contributed by atoms with Gasteiger partial charge in [-0.1, -0.05) is 11.6 Å². The number of benzene rings is 1. The van der Waals surface area contributed by atoms with Gasteiger partial charge in [0.25, 0.3) is 0 Å². The third-order valence-electron chi connectivity index (χ3n) is 2.35. The molecule has 1 aromatic carbocycles. The van der Waals surface area contributed by atoms with Crippen LogP contribution < -0.4 is 5.43 Å². The fourth-order valence-corrected chi connectivity index (χ4v) is 1.61. The van der Waals surface area contributed by atoms with Crippen LogP contribution >= 0.6 is 11.6 Å². The van der Waals surface area contributed by atoms with E-state index in [2.05, 4.69) is 0 Å². The van der Waals surface area contributed by atoms with E-state index in [-0.39, 0.29) is 10.9 Å². The van der Waals surface area contributed by atoms with Crippen LogP contribution in [0.5, 0.6) is 0 Å². The van der Waals surface area contributed by atoms with E-state index in [1.165, 1.54) is 6.07 Å². The van der Waals surface area contributed by atoms with Crippen LogP contribution in [-0.4, -0.2) is 11.1 Å². The topological polar surface area (TPSA) is 67.5 Å². The fraction of sp³-hybridized carbons (Fsp3) is 0.0909. The van der Waals surface area contributed by atoms with Gasteiger partial charge in [-0.25, -0.2) is 4.79 Å². The third-order valence-corrected chi connectivity index (χ3v) is 2.76. The molecule has 82 valence electrons. The highest BCUT2D eigenvalue weighted by atomic mass is 35.5. The SMILES string of the molecule is Cc1c(Cl)ccc2c(=O)c(C(=O)O)coc12. The molecule has 4 nitrogen and oxygen atoms in total. The molecule has 2 rings (SSSR count). The summed E-state index contributed by atoms with van der Waals surface area (Å²) in [5.74, 6) is -1.30. The Morgan fingerprint density at radius 2 is 2.12 bits per heavy atom. The number of hydrogen-bond donors (Lipinski definition) is 1. The highest BCUT2D eigenvalue weighted by Crippen LogP contribution is 2.23. The van der Waals surface area contributed by atoms with Crippen molar-refractivity contribution in [3.05, 3.63) is 44.8 Å². The minimum Gasteiger partial charge on any atom is -0.477 e. The Kier molecular flexibility index (Phi) is 2.44. The Balaban J connectivity index is 2.93. The summed E-state index contributed by atoms with van der Waals surface area (Å²) >= 11 is 5.86. The van der Waals surface area contributed by atoms with Gasteiger partial charge in [0, 0.05) is 10.6 Å². The summed E-state index contributed by atoms with van der Waals surface area (Å²) in [6, 6.07) is 3.00. The number of rotatable bonds is 1. The molecule has 0 amide bonds. The normalized spacial score (nSPS) is 10.6. The summed E-state index contributed by atoms with van der Waals surface area (Å²) < 4.78 is 5.13. The molecule has 1 heterocycles. The average Bonchev–Trinajstić information content (AvgIpc) is 2.23. The molecule has 2 aromatic rings. The molecule has 5 heteroatoms. The molecule has 0 spiro atoms. The van der Waals surface area contributed by atoms with Crippen LogP contribution in [0.2, 0.25) is 5.02 Å². The number of carboxylic acids is 1. The van der Waals surface area contributed by atoms with Crippen molar-refractivity contribution in [1.82, 2.24) is 0 Å². The van der Waals surface area contributed by atoms with Crippen molar-refractivity contribution in [3.8, 4) is 0 Å². The second-order valence-electron chi connectivity index (χ2n) is 3.33. The van der Waals surface area contributed by atoms with Crippen molar-refractivity contribution >= 4 is 28.5 Å². The molecule has 0 saturated carbocycles. The highest BCUT2D eigenvalue weighted by Gasteiger charge is 2.14. The van der Waals surface area contributed by atoms with Gasteiger partial charge in [0.15, 0.2) is 0 Å². The number of hydrogen-bond acceptors (Lipinski definition) is 3. The van der Waals surface area contributed by atoms with Gasteiger partial charge in [0.1, 0.15) is 17.4 Å². The van der Waals surface area contributed by atoms with E-state index >= 15 is 0 Å². The zero-order valence-electron chi connectivity index (χ0n) is 8.28. The molecule has 1 N–H and O–H groups in total. The standard InChI is InChI=1S/C11H7ClO4/c1-5-8(12)3-2-6-9(13)7(11(14)15)4-16-10(5)6/h2-4H,1H3,(H,14,15). The molecular weight excluding hydrogens is 232 g/mol. The van der Waals surface area contributed by atoms with Crippen LogP contribution in [0.1, 0.15) is 15.9 Å². The van der Waals surface area contributed by atoms with Crippen molar-refractivity contribution in [1.29, 1.82) is 0 Å². The summed E-state index contributed by atoms with van der Waals surface area (Å²) in [6.45, 7) is 1.70. The van der Waals surface area contributed by atoms with E-state index in [9.17, 15) is 9.59 Å². The molecule has 0 aliphatic rings. The summed E-state index contributed by atoms with van der Waals surface area (Å²) in [7, 11) is 0. The molecule has 0 saturated heterocycles. The van der Waals surface area contributed by atoms with Crippen molar-refractivity contribution in [2.75, 3.05) is 0 Å². The Morgan fingerprint density at radius 3 is 2.75 bits per heavy atom. The first-order valence-corrected chi connectivity index (χ1v) is 4.84. The molecule has 16 heavy (non-hydrogen) atoms. The van der Waals surface area contributed by atoms with Crippen LogP contribution in [-0.2, 0) is 0 Å². The monoisotopic (exact) mass is 238 g/mol. The molecule has 0 aliphatic carbocycles. The first-order valence-electron chi connectivity index (χ1n) is 4.46. The predicted molar refractivity (Wildman–Crippen MR) is 59.2 cm³/mol. The van der Waals surface area contributed by atoms with Gasteiger partial charge < -0.3 is 9.52 Å². The predicted octanol–water partition coefficient (Wildman–Crippen LogP) is 2.45. The second-order valence-corrected chi connectivity index (χ2v) is 3.74. The second kappa shape index (κ2) is 3.64. The number of halogens is 1. The maximum atomic E-state index is 11.7. The Bertz CT molecular complexity index is 642. The number of carboxylic acid groups (broad SMARTS) is 1. The summed E-state index contributed by atoms with van der Waals surface area (Å²) in [5.41, 5.74) is -0.00144. The summed E-state index contributed by atoms with van der Waals surface area (Å²) in [4.78, 5) is 22.5. The first-order chi connectivity index (χ1) is 7.52. The van der Waals surface area contributed by atoms with E-state index in [1.54, 1.807) is 13.0 Å². The van der Waals surface area contributed by atoms with E-state index in [0.29, 0.717) is 16.2 Å². The minimum atomic E-state index is -1.30.